The van der Waals surface area contributed by atoms with E-state index in [0.29, 0.717) is 17.3 Å². The Labute approximate surface area is 120 Å². The van der Waals surface area contributed by atoms with Crippen molar-refractivity contribution in [1.29, 1.82) is 0 Å². The lowest BCUT2D eigenvalue weighted by molar-refractivity contribution is 0.336. The van der Waals surface area contributed by atoms with Crippen molar-refractivity contribution in [2.75, 3.05) is 25.2 Å². The molecule has 1 aromatic carbocycles. The van der Waals surface area contributed by atoms with Crippen molar-refractivity contribution < 1.29 is 13.2 Å². The summed E-state index contributed by atoms with van der Waals surface area (Å²) in [5.74, 6) is 0.689. The molecule has 1 aromatic rings. The summed E-state index contributed by atoms with van der Waals surface area (Å²) in [5.41, 5.74) is 0.939. The van der Waals surface area contributed by atoms with E-state index in [1.165, 1.54) is 6.26 Å². The van der Waals surface area contributed by atoms with Crippen LogP contribution in [0.15, 0.2) is 18.2 Å². The van der Waals surface area contributed by atoms with Crippen LogP contribution in [-0.2, 0) is 16.4 Å². The van der Waals surface area contributed by atoms with Gasteiger partial charge in [0.05, 0.1) is 5.75 Å². The van der Waals surface area contributed by atoms with Gasteiger partial charge in [0.25, 0.3) is 0 Å². The van der Waals surface area contributed by atoms with E-state index in [1.54, 1.807) is 12.1 Å². The first-order chi connectivity index (χ1) is 8.92. The smallest absolute Gasteiger partial charge is 0.150 e. The molecule has 0 aromatic heterocycles. The molecule has 1 rings (SSSR count). The fourth-order valence-corrected chi connectivity index (χ4v) is 2.11. The first-order valence-corrected chi connectivity index (χ1v) is 8.66. The summed E-state index contributed by atoms with van der Waals surface area (Å²) in [6.07, 6.45) is 2.24. The quantitative estimate of drug-likeness (QED) is 0.749. The molecule has 0 aliphatic carbocycles. The zero-order valence-corrected chi connectivity index (χ0v) is 12.9. The van der Waals surface area contributed by atoms with Gasteiger partial charge in [0, 0.05) is 23.4 Å². The number of nitrogens with one attached hydrogen (secondary N) is 1. The molecule has 0 spiro atoms. The summed E-state index contributed by atoms with van der Waals surface area (Å²) in [6, 6.07) is 5.34. The lowest BCUT2D eigenvalue weighted by Crippen LogP contribution is -2.16. The molecule has 0 aliphatic rings. The third-order valence-corrected chi connectivity index (χ3v) is 3.62. The number of sulfone groups is 1. The lowest BCUT2D eigenvalue weighted by Gasteiger charge is -2.12. The highest BCUT2D eigenvalue weighted by molar-refractivity contribution is 7.90. The van der Waals surface area contributed by atoms with E-state index in [0.717, 1.165) is 18.5 Å². The highest BCUT2D eigenvalue weighted by Gasteiger charge is 2.07. The van der Waals surface area contributed by atoms with Gasteiger partial charge in [-0.2, -0.15) is 0 Å². The maximum Gasteiger partial charge on any atom is 0.150 e. The van der Waals surface area contributed by atoms with Crippen LogP contribution in [-0.4, -0.2) is 33.6 Å². The Kier molecular flexibility index (Phi) is 6.62. The van der Waals surface area contributed by atoms with Gasteiger partial charge in [0.15, 0.2) is 9.84 Å². The third kappa shape index (κ3) is 6.80. The van der Waals surface area contributed by atoms with Crippen LogP contribution < -0.4 is 10.1 Å². The van der Waals surface area contributed by atoms with Crippen molar-refractivity contribution in [3.8, 4) is 5.75 Å². The molecule has 0 saturated heterocycles. The van der Waals surface area contributed by atoms with Gasteiger partial charge in [-0.25, -0.2) is 8.42 Å². The second-order valence-electron chi connectivity index (χ2n) is 4.41. The Morgan fingerprint density at radius 3 is 2.74 bits per heavy atom. The number of halogens is 1. The van der Waals surface area contributed by atoms with Crippen molar-refractivity contribution in [2.24, 2.45) is 0 Å². The number of ether oxygens (including phenoxy) is 1. The minimum atomic E-state index is -3.00. The summed E-state index contributed by atoms with van der Waals surface area (Å²) in [6.45, 7) is 3.81. The van der Waals surface area contributed by atoms with Crippen molar-refractivity contribution in [3.63, 3.8) is 0 Å². The van der Waals surface area contributed by atoms with Crippen LogP contribution in [0.2, 0.25) is 5.02 Å². The van der Waals surface area contributed by atoms with Crippen LogP contribution in [0.4, 0.5) is 0 Å². The number of hydrogen-bond acceptors (Lipinski definition) is 4. The monoisotopic (exact) mass is 305 g/mol. The molecule has 0 amide bonds. The van der Waals surface area contributed by atoms with Gasteiger partial charge in [-0.15, -0.1) is 0 Å². The average Bonchev–Trinajstić information content (AvgIpc) is 2.30. The molecule has 6 heteroatoms. The van der Waals surface area contributed by atoms with Crippen molar-refractivity contribution in [1.82, 2.24) is 5.32 Å². The van der Waals surface area contributed by atoms with Gasteiger partial charge in [0.1, 0.15) is 12.4 Å². The van der Waals surface area contributed by atoms with Gasteiger partial charge in [0.2, 0.25) is 0 Å². The standard InChI is InChI=1S/C13H20ClNO3S/c1-3-6-15-10-11-9-12(14)4-5-13(11)18-7-8-19(2,16)17/h4-5,9,15H,3,6-8,10H2,1-2H3. The van der Waals surface area contributed by atoms with E-state index >= 15 is 0 Å². The number of rotatable bonds is 8. The van der Waals surface area contributed by atoms with Crippen LogP contribution >= 0.6 is 11.6 Å². The molecule has 0 aliphatic heterocycles. The maximum atomic E-state index is 11.1. The Morgan fingerprint density at radius 1 is 1.37 bits per heavy atom. The molecule has 0 saturated carbocycles. The molecule has 19 heavy (non-hydrogen) atoms. The minimum Gasteiger partial charge on any atom is -0.492 e. The van der Waals surface area contributed by atoms with Gasteiger partial charge >= 0.3 is 0 Å². The lowest BCUT2D eigenvalue weighted by atomic mass is 10.2. The van der Waals surface area contributed by atoms with Gasteiger partial charge in [-0.3, -0.25) is 0 Å². The van der Waals surface area contributed by atoms with E-state index < -0.39 is 9.84 Å². The second-order valence-corrected chi connectivity index (χ2v) is 7.10. The topological polar surface area (TPSA) is 55.4 Å². The van der Waals surface area contributed by atoms with E-state index in [4.69, 9.17) is 16.3 Å². The van der Waals surface area contributed by atoms with E-state index in [-0.39, 0.29) is 12.4 Å². The second kappa shape index (κ2) is 7.72. The number of hydrogen-bond donors (Lipinski definition) is 1. The maximum absolute atomic E-state index is 11.1. The van der Waals surface area contributed by atoms with E-state index in [9.17, 15) is 8.42 Å². The first kappa shape index (κ1) is 16.3. The Bertz CT molecular complexity index is 503. The Balaban J connectivity index is 2.65. The molecule has 0 heterocycles. The summed E-state index contributed by atoms with van der Waals surface area (Å²) in [7, 11) is -3.00. The molecular weight excluding hydrogens is 286 g/mol. The van der Waals surface area contributed by atoms with Gasteiger partial charge in [-0.1, -0.05) is 18.5 Å². The summed E-state index contributed by atoms with van der Waals surface area (Å²) >= 11 is 5.96. The van der Waals surface area contributed by atoms with E-state index in [1.807, 2.05) is 6.07 Å². The van der Waals surface area contributed by atoms with Gasteiger partial charge < -0.3 is 10.1 Å². The predicted octanol–water partition coefficient (Wildman–Crippen LogP) is 2.26. The molecule has 1 N–H and O–H groups in total. The van der Waals surface area contributed by atoms with Crippen molar-refractivity contribution in [3.05, 3.63) is 28.8 Å². The Hall–Kier alpha value is -0.780. The first-order valence-electron chi connectivity index (χ1n) is 6.22. The van der Waals surface area contributed by atoms with Crippen LogP contribution in [0.3, 0.4) is 0 Å². The molecule has 0 bridgehead atoms. The minimum absolute atomic E-state index is 0.0114. The molecule has 4 nitrogen and oxygen atoms in total. The van der Waals surface area contributed by atoms with E-state index in [2.05, 4.69) is 12.2 Å². The zero-order valence-electron chi connectivity index (χ0n) is 11.3. The van der Waals surface area contributed by atoms with Crippen LogP contribution in [0.25, 0.3) is 0 Å². The molecular formula is C13H20ClNO3S. The van der Waals surface area contributed by atoms with Crippen LogP contribution in [0.1, 0.15) is 18.9 Å². The molecule has 0 atom stereocenters. The largest absolute Gasteiger partial charge is 0.492 e. The predicted molar refractivity (Wildman–Crippen MR) is 78.7 cm³/mol. The fraction of sp³-hybridized carbons (Fsp3) is 0.538. The number of benzene rings is 1. The van der Waals surface area contributed by atoms with Crippen LogP contribution in [0.5, 0.6) is 5.75 Å². The van der Waals surface area contributed by atoms with Crippen molar-refractivity contribution >= 4 is 21.4 Å². The summed E-state index contributed by atoms with van der Waals surface area (Å²) in [5, 5.41) is 3.91. The summed E-state index contributed by atoms with van der Waals surface area (Å²) in [4.78, 5) is 0. The molecule has 0 fully saturated rings. The zero-order chi connectivity index (χ0) is 14.3. The van der Waals surface area contributed by atoms with Crippen molar-refractivity contribution in [2.45, 2.75) is 19.9 Å². The third-order valence-electron chi connectivity index (χ3n) is 2.48. The Morgan fingerprint density at radius 2 is 2.11 bits per heavy atom. The molecule has 0 unspecified atom stereocenters. The SMILES string of the molecule is CCCNCc1cc(Cl)ccc1OCCS(C)(=O)=O. The fourth-order valence-electron chi connectivity index (χ4n) is 1.53. The molecule has 108 valence electrons. The highest BCUT2D eigenvalue weighted by atomic mass is 35.5. The molecule has 0 radical (unpaired) electrons. The van der Waals surface area contributed by atoms with Gasteiger partial charge in [-0.05, 0) is 31.2 Å². The van der Waals surface area contributed by atoms with Crippen LogP contribution in [0, 0.1) is 0 Å². The average molecular weight is 306 g/mol. The summed E-state index contributed by atoms with van der Waals surface area (Å²) < 4.78 is 27.6. The normalized spacial score (nSPS) is 11.5. The highest BCUT2D eigenvalue weighted by Crippen LogP contribution is 2.22.